The Kier molecular flexibility index (Phi) is 3.63. The van der Waals surface area contributed by atoms with Crippen molar-refractivity contribution >= 4 is 11.3 Å². The lowest BCUT2D eigenvalue weighted by Crippen LogP contribution is -2.01. The number of fused-ring (bicyclic) bond motifs is 1. The van der Waals surface area contributed by atoms with Gasteiger partial charge in [-0.15, -0.1) is 0 Å². The van der Waals surface area contributed by atoms with Gasteiger partial charge in [-0.25, -0.2) is 9.61 Å². The number of hydrogen-bond acceptors (Lipinski definition) is 6. The first-order chi connectivity index (χ1) is 11.8. The van der Waals surface area contributed by atoms with Gasteiger partial charge in [0.15, 0.2) is 0 Å². The van der Waals surface area contributed by atoms with Crippen molar-refractivity contribution in [2.24, 2.45) is 0 Å². The van der Waals surface area contributed by atoms with E-state index in [0.717, 1.165) is 5.56 Å². The zero-order valence-corrected chi connectivity index (χ0v) is 13.0. The number of nitrogens with zero attached hydrogens (tertiary/aromatic N) is 4. The quantitative estimate of drug-likeness (QED) is 0.575. The van der Waals surface area contributed by atoms with Crippen LogP contribution in [0.25, 0.3) is 22.4 Å². The SMILES string of the molecule is COc1nc2nonc2nc1Cc1ccc(-c2ccccc2)cc1. The van der Waals surface area contributed by atoms with E-state index in [0.29, 0.717) is 29.3 Å². The van der Waals surface area contributed by atoms with Crippen LogP contribution in [0, 0.1) is 0 Å². The van der Waals surface area contributed by atoms with Gasteiger partial charge in [0.25, 0.3) is 0 Å². The average molecular weight is 318 g/mol. The maximum atomic E-state index is 5.31. The van der Waals surface area contributed by atoms with Gasteiger partial charge in [0.1, 0.15) is 5.69 Å². The van der Waals surface area contributed by atoms with Crippen LogP contribution in [0.4, 0.5) is 0 Å². The van der Waals surface area contributed by atoms with Crippen LogP contribution in [0.15, 0.2) is 59.2 Å². The Hall–Kier alpha value is -3.28. The van der Waals surface area contributed by atoms with E-state index >= 15 is 0 Å². The molecule has 4 rings (SSSR count). The van der Waals surface area contributed by atoms with Crippen molar-refractivity contribution < 1.29 is 9.37 Å². The average Bonchev–Trinajstić information content (AvgIpc) is 3.09. The van der Waals surface area contributed by atoms with Gasteiger partial charge in [-0.2, -0.15) is 4.98 Å². The fourth-order valence-electron chi connectivity index (χ4n) is 2.57. The molecular formula is C18H14N4O2. The summed E-state index contributed by atoms with van der Waals surface area (Å²) in [7, 11) is 1.56. The molecule has 0 aliphatic carbocycles. The van der Waals surface area contributed by atoms with E-state index in [9.17, 15) is 0 Å². The summed E-state index contributed by atoms with van der Waals surface area (Å²) >= 11 is 0. The maximum Gasteiger partial charge on any atom is 0.246 e. The van der Waals surface area contributed by atoms with Gasteiger partial charge in [-0.3, -0.25) is 0 Å². The van der Waals surface area contributed by atoms with E-state index in [-0.39, 0.29) is 0 Å². The molecule has 0 spiro atoms. The molecule has 2 aromatic carbocycles. The van der Waals surface area contributed by atoms with Crippen LogP contribution in [0.2, 0.25) is 0 Å². The van der Waals surface area contributed by atoms with Crippen LogP contribution in [0.5, 0.6) is 5.88 Å². The Labute approximate surface area is 138 Å². The monoisotopic (exact) mass is 318 g/mol. The summed E-state index contributed by atoms with van der Waals surface area (Å²) in [6, 6.07) is 18.6. The maximum absolute atomic E-state index is 5.31. The standard InChI is InChI=1S/C18H14N4O2/c1-23-18-15(19-16-17(20-18)22-24-21-16)11-12-7-9-14(10-8-12)13-5-3-2-4-6-13/h2-10H,11H2,1H3. The third-order valence-corrected chi connectivity index (χ3v) is 3.78. The number of methoxy groups -OCH3 is 1. The molecule has 0 N–H and O–H groups in total. The second-order valence-corrected chi connectivity index (χ2v) is 5.33. The summed E-state index contributed by atoms with van der Waals surface area (Å²) in [5.41, 5.74) is 4.90. The summed E-state index contributed by atoms with van der Waals surface area (Å²) in [5.74, 6) is 0.435. The van der Waals surface area contributed by atoms with Gasteiger partial charge in [0.05, 0.1) is 7.11 Å². The van der Waals surface area contributed by atoms with Crippen molar-refractivity contribution in [2.75, 3.05) is 7.11 Å². The van der Waals surface area contributed by atoms with E-state index in [1.54, 1.807) is 7.11 Å². The second-order valence-electron chi connectivity index (χ2n) is 5.33. The highest BCUT2D eigenvalue weighted by molar-refractivity contribution is 5.65. The number of aromatic nitrogens is 4. The van der Waals surface area contributed by atoms with Gasteiger partial charge in [-0.1, -0.05) is 54.6 Å². The highest BCUT2D eigenvalue weighted by Gasteiger charge is 2.13. The summed E-state index contributed by atoms with van der Waals surface area (Å²) in [4.78, 5) is 8.69. The Balaban J connectivity index is 1.63. The van der Waals surface area contributed by atoms with Gasteiger partial charge >= 0.3 is 0 Å². The van der Waals surface area contributed by atoms with Crippen LogP contribution in [-0.4, -0.2) is 27.4 Å². The van der Waals surface area contributed by atoms with Crippen LogP contribution in [-0.2, 0) is 6.42 Å². The number of benzene rings is 2. The predicted molar refractivity (Wildman–Crippen MR) is 88.6 cm³/mol. The molecule has 2 heterocycles. The van der Waals surface area contributed by atoms with Crippen LogP contribution in [0.3, 0.4) is 0 Å². The largest absolute Gasteiger partial charge is 0.480 e. The normalized spacial score (nSPS) is 10.9. The molecule has 4 aromatic rings. The molecule has 0 aliphatic rings. The molecule has 0 bridgehead atoms. The molecule has 0 unspecified atom stereocenters. The molecule has 118 valence electrons. The van der Waals surface area contributed by atoms with Crippen LogP contribution < -0.4 is 4.74 Å². The molecule has 0 atom stereocenters. The van der Waals surface area contributed by atoms with Crippen molar-refractivity contribution in [3.05, 3.63) is 65.9 Å². The number of ether oxygens (including phenoxy) is 1. The highest BCUT2D eigenvalue weighted by atomic mass is 16.6. The predicted octanol–water partition coefficient (Wildman–Crippen LogP) is 3.28. The smallest absolute Gasteiger partial charge is 0.246 e. The fourth-order valence-corrected chi connectivity index (χ4v) is 2.57. The third kappa shape index (κ3) is 2.69. The minimum atomic E-state index is 0.343. The molecular weight excluding hydrogens is 304 g/mol. The molecule has 0 fully saturated rings. The zero-order chi connectivity index (χ0) is 16.4. The van der Waals surface area contributed by atoms with Crippen molar-refractivity contribution in [2.45, 2.75) is 6.42 Å². The molecule has 24 heavy (non-hydrogen) atoms. The van der Waals surface area contributed by atoms with Crippen LogP contribution >= 0.6 is 0 Å². The molecule has 0 saturated carbocycles. The van der Waals surface area contributed by atoms with Gasteiger partial charge in [0.2, 0.25) is 17.2 Å². The summed E-state index contributed by atoms with van der Waals surface area (Å²) in [6.07, 6.45) is 0.591. The molecule has 0 radical (unpaired) electrons. The summed E-state index contributed by atoms with van der Waals surface area (Å²) in [6.45, 7) is 0. The minimum absolute atomic E-state index is 0.343. The highest BCUT2D eigenvalue weighted by Crippen LogP contribution is 2.23. The Bertz CT molecular complexity index is 965. The molecule has 2 aromatic heterocycles. The third-order valence-electron chi connectivity index (χ3n) is 3.78. The summed E-state index contributed by atoms with van der Waals surface area (Å²) < 4.78 is 9.96. The van der Waals surface area contributed by atoms with Crippen molar-refractivity contribution in [1.29, 1.82) is 0 Å². The van der Waals surface area contributed by atoms with Crippen molar-refractivity contribution in [3.8, 4) is 17.0 Å². The van der Waals surface area contributed by atoms with Gasteiger partial charge < -0.3 is 4.74 Å². The molecule has 0 saturated heterocycles. The number of hydrogen-bond donors (Lipinski definition) is 0. The fraction of sp³-hybridized carbons (Fsp3) is 0.111. The summed E-state index contributed by atoms with van der Waals surface area (Å²) in [5, 5.41) is 7.42. The lowest BCUT2D eigenvalue weighted by Gasteiger charge is -2.07. The van der Waals surface area contributed by atoms with Crippen LogP contribution in [0.1, 0.15) is 11.3 Å². The Morgan fingerprint density at radius 3 is 2.21 bits per heavy atom. The molecule has 6 nitrogen and oxygen atoms in total. The van der Waals surface area contributed by atoms with Crippen molar-refractivity contribution in [1.82, 2.24) is 20.3 Å². The second kappa shape index (κ2) is 6.08. The lowest BCUT2D eigenvalue weighted by atomic mass is 10.0. The van der Waals surface area contributed by atoms with E-state index in [1.807, 2.05) is 18.2 Å². The van der Waals surface area contributed by atoms with E-state index in [2.05, 4.69) is 61.3 Å². The lowest BCUT2D eigenvalue weighted by molar-refractivity contribution is 0.313. The van der Waals surface area contributed by atoms with E-state index in [4.69, 9.17) is 4.74 Å². The van der Waals surface area contributed by atoms with Gasteiger partial charge in [-0.05, 0) is 27.0 Å². The van der Waals surface area contributed by atoms with Crippen molar-refractivity contribution in [3.63, 3.8) is 0 Å². The molecule has 0 amide bonds. The first-order valence-corrected chi connectivity index (χ1v) is 7.51. The Morgan fingerprint density at radius 1 is 0.833 bits per heavy atom. The zero-order valence-electron chi connectivity index (χ0n) is 13.0. The topological polar surface area (TPSA) is 73.9 Å². The molecule has 0 aliphatic heterocycles. The Morgan fingerprint density at radius 2 is 1.50 bits per heavy atom. The minimum Gasteiger partial charge on any atom is -0.480 e. The number of rotatable bonds is 4. The first-order valence-electron chi connectivity index (χ1n) is 7.51. The first kappa shape index (κ1) is 14.3. The van der Waals surface area contributed by atoms with E-state index < -0.39 is 0 Å². The van der Waals surface area contributed by atoms with Gasteiger partial charge in [0, 0.05) is 6.42 Å². The molecule has 6 heteroatoms. The van der Waals surface area contributed by atoms with E-state index in [1.165, 1.54) is 11.1 Å².